The number of fused-ring (bicyclic) bond motifs is 1. The minimum Gasteiger partial charge on any atom is -0.454 e. The Morgan fingerprint density at radius 1 is 0.942 bits per heavy atom. The third-order valence-electron chi connectivity index (χ3n) is 8.49. The molecule has 2 N–H and O–H groups in total. The van der Waals surface area contributed by atoms with Gasteiger partial charge in [-0.1, -0.05) is 50.2 Å². The highest BCUT2D eigenvalue weighted by atomic mass is 19.1. The first-order valence-electron chi connectivity index (χ1n) is 16.2. The number of Topliss-reactive ketones (excluding diaryl/α,β-unsaturated/α-hetero) is 1. The molecule has 0 aliphatic carbocycles. The minimum atomic E-state index is -1.21. The van der Waals surface area contributed by atoms with Gasteiger partial charge in [0.05, 0.1) is 17.0 Å². The first-order chi connectivity index (χ1) is 24.8. The Labute approximate surface area is 297 Å². The number of ether oxygens (including phenoxy) is 3. The molecule has 268 valence electrons. The molecule has 1 aliphatic heterocycles. The Kier molecular flexibility index (Phi) is 9.86. The van der Waals surface area contributed by atoms with Crippen LogP contribution in [0.15, 0.2) is 88.2 Å². The molecular formula is C37H35FN6O8. The molecule has 0 unspecified atom stereocenters. The summed E-state index contributed by atoms with van der Waals surface area (Å²) < 4.78 is 36.7. The van der Waals surface area contributed by atoms with Gasteiger partial charge in [-0.2, -0.15) is 0 Å². The van der Waals surface area contributed by atoms with E-state index in [4.69, 9.17) is 18.6 Å². The number of benzene rings is 3. The van der Waals surface area contributed by atoms with Gasteiger partial charge < -0.3 is 23.9 Å². The third kappa shape index (κ3) is 7.67. The molecule has 0 fully saturated rings. The fourth-order valence-corrected chi connectivity index (χ4v) is 5.29. The lowest BCUT2D eigenvalue weighted by molar-refractivity contribution is -0.122. The predicted octanol–water partition coefficient (Wildman–Crippen LogP) is 5.26. The third-order valence-corrected chi connectivity index (χ3v) is 8.49. The van der Waals surface area contributed by atoms with E-state index in [9.17, 15) is 23.6 Å². The molecule has 3 aromatic carbocycles. The predicted molar refractivity (Wildman–Crippen MR) is 184 cm³/mol. The van der Waals surface area contributed by atoms with Crippen LogP contribution >= 0.6 is 0 Å². The maximum absolute atomic E-state index is 13.7. The van der Waals surface area contributed by atoms with Gasteiger partial charge in [0.25, 0.3) is 11.4 Å². The Bertz CT molecular complexity index is 2180. The number of nitrogens with zero attached hydrogens (tertiary/aromatic N) is 4. The topological polar surface area (TPSA) is 177 Å². The number of ketones is 1. The summed E-state index contributed by atoms with van der Waals surface area (Å²) in [6.45, 7) is 6.32. The normalized spacial score (nSPS) is 12.3. The SMILES string of the molecule is CC(C)(CNC(=O)Cn1c(-c2ccc(F)cc2)ncc(NC(=O)OCc2ccccc2)c1=O)C(=O)c1nnc(C(C)(C)c2ccc3c(c2)OCO3)o1. The quantitative estimate of drug-likeness (QED) is 0.162. The molecule has 3 heterocycles. The summed E-state index contributed by atoms with van der Waals surface area (Å²) in [4.78, 5) is 57.3. The molecule has 0 atom stereocenters. The summed E-state index contributed by atoms with van der Waals surface area (Å²) in [6.07, 6.45) is 0.227. The molecule has 1 aliphatic rings. The van der Waals surface area contributed by atoms with Gasteiger partial charge in [0.2, 0.25) is 24.4 Å². The number of anilines is 1. The number of carbonyl (C=O) groups is 3. The summed E-state index contributed by atoms with van der Waals surface area (Å²) >= 11 is 0. The Balaban J connectivity index is 1.15. The van der Waals surface area contributed by atoms with Crippen molar-refractivity contribution >= 4 is 23.5 Å². The second kappa shape index (κ2) is 14.5. The van der Waals surface area contributed by atoms with E-state index >= 15 is 0 Å². The van der Waals surface area contributed by atoms with Crippen molar-refractivity contribution in [2.75, 3.05) is 18.7 Å². The lowest BCUT2D eigenvalue weighted by Gasteiger charge is -2.23. The summed E-state index contributed by atoms with van der Waals surface area (Å²) in [6, 6.07) is 19.6. The van der Waals surface area contributed by atoms with Gasteiger partial charge in [-0.3, -0.25) is 24.3 Å². The fourth-order valence-electron chi connectivity index (χ4n) is 5.29. The lowest BCUT2D eigenvalue weighted by Crippen LogP contribution is -2.42. The van der Waals surface area contributed by atoms with Gasteiger partial charge in [-0.15, -0.1) is 10.2 Å². The molecule has 0 spiro atoms. The van der Waals surface area contributed by atoms with Crippen molar-refractivity contribution < 1.29 is 37.4 Å². The summed E-state index contributed by atoms with van der Waals surface area (Å²) in [5.41, 5.74) is -1.12. The van der Waals surface area contributed by atoms with Gasteiger partial charge in [0, 0.05) is 12.1 Å². The molecule has 0 saturated heterocycles. The largest absolute Gasteiger partial charge is 0.454 e. The summed E-state index contributed by atoms with van der Waals surface area (Å²) in [7, 11) is 0. The molecule has 14 nitrogen and oxygen atoms in total. The van der Waals surface area contributed by atoms with Crippen LogP contribution in [0, 0.1) is 11.2 Å². The first kappa shape index (κ1) is 35.4. The second-order valence-corrected chi connectivity index (χ2v) is 13.2. The summed E-state index contributed by atoms with van der Waals surface area (Å²) in [5.74, 6) is -0.446. The molecule has 6 rings (SSSR count). The monoisotopic (exact) mass is 710 g/mol. The number of hydrogen-bond acceptors (Lipinski definition) is 11. The smallest absolute Gasteiger partial charge is 0.412 e. The molecule has 5 aromatic rings. The van der Waals surface area contributed by atoms with E-state index in [2.05, 4.69) is 25.8 Å². The number of hydrogen-bond donors (Lipinski definition) is 2. The zero-order valence-electron chi connectivity index (χ0n) is 28.8. The van der Waals surface area contributed by atoms with Crippen molar-refractivity contribution in [2.24, 2.45) is 5.41 Å². The van der Waals surface area contributed by atoms with Crippen LogP contribution in [0.2, 0.25) is 0 Å². The van der Waals surface area contributed by atoms with E-state index in [1.807, 2.05) is 32.0 Å². The number of halogens is 1. The fraction of sp³-hybridized carbons (Fsp3) is 0.270. The second-order valence-electron chi connectivity index (χ2n) is 13.2. The van der Waals surface area contributed by atoms with E-state index < -0.39 is 46.5 Å². The van der Waals surface area contributed by atoms with E-state index in [1.165, 1.54) is 24.3 Å². The van der Waals surface area contributed by atoms with Crippen LogP contribution in [0.3, 0.4) is 0 Å². The first-order valence-corrected chi connectivity index (χ1v) is 16.2. The van der Waals surface area contributed by atoms with Crippen molar-refractivity contribution in [1.82, 2.24) is 25.1 Å². The van der Waals surface area contributed by atoms with Crippen molar-refractivity contribution in [3.8, 4) is 22.9 Å². The van der Waals surface area contributed by atoms with Crippen LogP contribution in [-0.2, 0) is 28.1 Å². The molecule has 52 heavy (non-hydrogen) atoms. The van der Waals surface area contributed by atoms with Gasteiger partial charge in [0.15, 0.2) is 11.5 Å². The van der Waals surface area contributed by atoms with E-state index in [-0.39, 0.29) is 43.2 Å². The number of rotatable bonds is 12. The van der Waals surface area contributed by atoms with Crippen LogP contribution in [0.5, 0.6) is 11.5 Å². The standard InChI is InChI=1S/C37H35FN6O8/c1-36(2,30(46)32-42-43-34(52-32)37(3,4)24-12-15-27-28(16-24)51-21-50-27)20-40-29(45)18-44-31(23-10-13-25(38)14-11-23)39-17-26(33(44)47)41-35(48)49-19-22-8-6-5-7-9-22/h5-17H,18-21H2,1-4H3,(H,40,45)(H,41,48). The van der Waals surface area contributed by atoms with Crippen molar-refractivity contribution in [2.45, 2.75) is 46.3 Å². The highest BCUT2D eigenvalue weighted by molar-refractivity contribution is 5.96. The highest BCUT2D eigenvalue weighted by Crippen LogP contribution is 2.39. The Hall–Kier alpha value is -6.38. The molecule has 2 amide bonds. The van der Waals surface area contributed by atoms with E-state index in [0.29, 0.717) is 17.1 Å². The van der Waals surface area contributed by atoms with Crippen LogP contribution in [0.1, 0.15) is 55.4 Å². The van der Waals surface area contributed by atoms with Crippen LogP contribution in [-0.4, -0.2) is 50.9 Å². The molecule has 2 aromatic heterocycles. The maximum atomic E-state index is 13.7. The highest BCUT2D eigenvalue weighted by Gasteiger charge is 2.37. The van der Waals surface area contributed by atoms with Gasteiger partial charge >= 0.3 is 6.09 Å². The van der Waals surface area contributed by atoms with Crippen molar-refractivity contribution in [3.05, 3.63) is 118 Å². The van der Waals surface area contributed by atoms with Crippen molar-refractivity contribution in [1.29, 1.82) is 0 Å². The molecule has 0 radical (unpaired) electrons. The minimum absolute atomic E-state index is 0.0403. The average molecular weight is 711 g/mol. The maximum Gasteiger partial charge on any atom is 0.412 e. The zero-order chi connectivity index (χ0) is 37.0. The molecule has 15 heteroatoms. The van der Waals surface area contributed by atoms with E-state index in [1.54, 1.807) is 44.2 Å². The number of carbonyl (C=O) groups excluding carboxylic acids is 3. The van der Waals surface area contributed by atoms with E-state index in [0.717, 1.165) is 21.9 Å². The van der Waals surface area contributed by atoms with Crippen LogP contribution < -0.4 is 25.7 Å². The number of aromatic nitrogens is 4. The zero-order valence-corrected chi connectivity index (χ0v) is 28.8. The van der Waals surface area contributed by atoms with Gasteiger partial charge in [-0.05, 0) is 61.4 Å². The van der Waals surface area contributed by atoms with Crippen LogP contribution in [0.4, 0.5) is 14.9 Å². The summed E-state index contributed by atoms with van der Waals surface area (Å²) in [5, 5.41) is 13.2. The average Bonchev–Trinajstić information content (AvgIpc) is 3.83. The van der Waals surface area contributed by atoms with Crippen molar-refractivity contribution in [3.63, 3.8) is 0 Å². The van der Waals surface area contributed by atoms with Gasteiger partial charge in [-0.25, -0.2) is 14.2 Å². The van der Waals surface area contributed by atoms with Crippen LogP contribution in [0.25, 0.3) is 11.4 Å². The molecular weight excluding hydrogens is 675 g/mol. The lowest BCUT2D eigenvalue weighted by atomic mass is 9.84. The Morgan fingerprint density at radius 2 is 1.67 bits per heavy atom. The Morgan fingerprint density at radius 3 is 2.42 bits per heavy atom. The van der Waals surface area contributed by atoms with Gasteiger partial charge in [0.1, 0.15) is 30.5 Å². The number of amides is 2. The molecule has 0 saturated carbocycles. The number of nitrogens with one attached hydrogen (secondary N) is 2. The molecule has 0 bridgehead atoms.